The first kappa shape index (κ1) is 37.2. The average Bonchev–Trinajstić information content (AvgIpc) is 3.23. The van der Waals surface area contributed by atoms with Gasteiger partial charge in [-0.05, 0) is 57.9 Å². The second kappa shape index (κ2) is 20.8. The van der Waals surface area contributed by atoms with Gasteiger partial charge in [0.25, 0.3) is 0 Å². The maximum absolute atomic E-state index is 15.2. The number of aliphatic hydroxyl groups excluding tert-OH is 1. The summed E-state index contributed by atoms with van der Waals surface area (Å²) in [7, 11) is 0. The van der Waals surface area contributed by atoms with Gasteiger partial charge in [0.1, 0.15) is 24.6 Å². The molecule has 0 aromatic carbocycles. The van der Waals surface area contributed by atoms with Crippen LogP contribution in [0.15, 0.2) is 77.8 Å². The number of aromatic nitrogens is 2. The van der Waals surface area contributed by atoms with Gasteiger partial charge in [-0.1, -0.05) is 67.7 Å². The lowest BCUT2D eigenvalue weighted by atomic mass is 9.98. The highest BCUT2D eigenvalue weighted by atomic mass is 19.1. The second-order valence-corrected chi connectivity index (χ2v) is 10.6. The highest BCUT2D eigenvalue weighted by Crippen LogP contribution is 2.40. The van der Waals surface area contributed by atoms with E-state index in [-0.39, 0.29) is 24.8 Å². The summed E-state index contributed by atoms with van der Waals surface area (Å²) in [6.07, 6.45) is 24.1. The number of alkyl halides is 1. The molecule has 1 aliphatic rings. The number of nitrogens with two attached hydrogens (primary N) is 1. The lowest BCUT2D eigenvalue weighted by molar-refractivity contribution is -0.121. The van der Waals surface area contributed by atoms with Crippen molar-refractivity contribution in [3.63, 3.8) is 0 Å². The Kier molecular flexibility index (Phi) is 17.2. The van der Waals surface area contributed by atoms with Crippen molar-refractivity contribution >= 4 is 17.8 Å². The van der Waals surface area contributed by atoms with Crippen LogP contribution < -0.4 is 22.1 Å². The minimum atomic E-state index is -2.36. The smallest absolute Gasteiger partial charge is 0.407 e. The van der Waals surface area contributed by atoms with Crippen LogP contribution in [0.2, 0.25) is 0 Å². The quantitative estimate of drug-likeness (QED) is 0.128. The highest BCUT2D eigenvalue weighted by molar-refractivity contribution is 5.75. The minimum absolute atomic E-state index is 0.0376. The van der Waals surface area contributed by atoms with Crippen LogP contribution in [0, 0.1) is 0 Å². The molecule has 0 saturated carbocycles. The van der Waals surface area contributed by atoms with Gasteiger partial charge < -0.3 is 30.9 Å². The number of nitrogens with one attached hydrogen (secondary N) is 2. The molecule has 0 aliphatic carbocycles. The van der Waals surface area contributed by atoms with Crippen LogP contribution in [-0.2, 0) is 14.3 Å². The maximum Gasteiger partial charge on any atom is 0.407 e. The molecule has 1 aliphatic heterocycles. The first-order valence-electron chi connectivity index (χ1n) is 15.5. The Morgan fingerprint density at radius 1 is 1.04 bits per heavy atom. The standard InChI is InChI=1S/C33H48FN5O6/c1-3-4-5-6-7-8-9-10-11-12-13-14-15-16-17-18-19-20-28(40)36-22-23-37-32(43)44-25-26-29(41)33(2,34)30(45-26)39-24-21-27(35)38-31(39)42/h4-5,7-8,10-11,13-14,16-17,21,24,26,29-30,41H,3,6,9,12,15,18-20,22-23,25H2,1-2H3,(H,36,40)(H,37,43)(H2,35,38,42)/b5-4-,8-7-,11-10-,14-13-,17-16-/t26-,29-,30-,33-/m1/s1. The molecule has 0 radical (unpaired) electrons. The summed E-state index contributed by atoms with van der Waals surface area (Å²) in [5.41, 5.74) is 2.27. The molecule has 2 amide bonds. The number of aliphatic hydroxyl groups is 1. The molecular formula is C33H48FN5O6. The number of nitrogens with zero attached hydrogens (tertiary/aromatic N) is 2. The number of carbonyl (C=O) groups excluding carboxylic acids is 2. The number of alkyl carbamates (subject to hydrolysis) is 1. The number of amides is 2. The van der Waals surface area contributed by atoms with E-state index in [0.717, 1.165) is 50.0 Å². The molecule has 0 unspecified atom stereocenters. The SMILES string of the molecule is CC/C=C\C/C=C\C/C=C\C/C=C\C/C=C\CCCC(=O)NCCNC(=O)OC[C@H]1O[C@@H](n2ccc(N)nc2=O)[C@](C)(F)[C@@H]1O. The van der Waals surface area contributed by atoms with Crippen molar-refractivity contribution < 1.29 is 28.6 Å². The van der Waals surface area contributed by atoms with E-state index < -0.39 is 42.5 Å². The van der Waals surface area contributed by atoms with E-state index in [0.29, 0.717) is 12.8 Å². The van der Waals surface area contributed by atoms with E-state index in [9.17, 15) is 19.5 Å². The maximum atomic E-state index is 15.2. The predicted octanol–water partition coefficient (Wildman–Crippen LogP) is 4.58. The second-order valence-electron chi connectivity index (χ2n) is 10.6. The first-order chi connectivity index (χ1) is 21.7. The van der Waals surface area contributed by atoms with Gasteiger partial charge in [-0.3, -0.25) is 9.36 Å². The monoisotopic (exact) mass is 629 g/mol. The number of anilines is 1. The number of allylic oxidation sites excluding steroid dienone is 10. The van der Waals surface area contributed by atoms with Crippen LogP contribution in [0.5, 0.6) is 0 Å². The fourth-order valence-electron chi connectivity index (χ4n) is 4.37. The zero-order valence-electron chi connectivity index (χ0n) is 26.3. The van der Waals surface area contributed by atoms with Crippen LogP contribution in [0.3, 0.4) is 0 Å². The Morgan fingerprint density at radius 2 is 1.62 bits per heavy atom. The number of carbonyl (C=O) groups is 2. The molecule has 5 N–H and O–H groups in total. The lowest BCUT2D eigenvalue weighted by Crippen LogP contribution is -2.43. The summed E-state index contributed by atoms with van der Waals surface area (Å²) in [4.78, 5) is 39.7. The third kappa shape index (κ3) is 14.1. The third-order valence-corrected chi connectivity index (χ3v) is 6.85. The van der Waals surface area contributed by atoms with E-state index in [2.05, 4.69) is 83.3 Å². The molecule has 1 aromatic heterocycles. The molecule has 2 heterocycles. The minimum Gasteiger partial charge on any atom is -0.447 e. The normalized spacial score (nSPS) is 22.0. The molecule has 11 nitrogen and oxygen atoms in total. The van der Waals surface area contributed by atoms with E-state index >= 15 is 4.39 Å². The van der Waals surface area contributed by atoms with Crippen molar-refractivity contribution in [1.82, 2.24) is 20.2 Å². The van der Waals surface area contributed by atoms with E-state index in [1.807, 2.05) is 0 Å². The fourth-order valence-corrected chi connectivity index (χ4v) is 4.37. The van der Waals surface area contributed by atoms with E-state index in [1.165, 1.54) is 12.3 Å². The Bertz CT molecular complexity index is 1260. The summed E-state index contributed by atoms with van der Waals surface area (Å²) in [5.74, 6) is -0.162. The zero-order valence-corrected chi connectivity index (χ0v) is 26.3. The summed E-state index contributed by atoms with van der Waals surface area (Å²) in [6, 6.07) is 1.30. The van der Waals surface area contributed by atoms with Gasteiger partial charge in [-0.15, -0.1) is 0 Å². The van der Waals surface area contributed by atoms with Crippen LogP contribution in [-0.4, -0.2) is 64.2 Å². The van der Waals surface area contributed by atoms with Gasteiger partial charge in [0, 0.05) is 25.7 Å². The Labute approximate surface area is 264 Å². The number of unbranched alkanes of at least 4 members (excludes halogenated alkanes) is 1. The third-order valence-electron chi connectivity index (χ3n) is 6.85. The molecule has 1 fully saturated rings. The lowest BCUT2D eigenvalue weighted by Gasteiger charge is -2.24. The Hall–Kier alpha value is -4.03. The van der Waals surface area contributed by atoms with Gasteiger partial charge in [0.2, 0.25) is 5.91 Å². The zero-order chi connectivity index (χ0) is 32.9. The molecule has 1 saturated heterocycles. The van der Waals surface area contributed by atoms with Crippen molar-refractivity contribution in [3.8, 4) is 0 Å². The van der Waals surface area contributed by atoms with Gasteiger partial charge in [0.05, 0.1) is 0 Å². The van der Waals surface area contributed by atoms with Gasteiger partial charge in [-0.2, -0.15) is 4.98 Å². The summed E-state index contributed by atoms with van der Waals surface area (Å²) < 4.78 is 26.6. The Morgan fingerprint density at radius 3 is 2.22 bits per heavy atom. The predicted molar refractivity (Wildman–Crippen MR) is 173 cm³/mol. The van der Waals surface area contributed by atoms with Crippen molar-refractivity contribution in [2.45, 2.75) is 89.3 Å². The van der Waals surface area contributed by atoms with Crippen molar-refractivity contribution in [2.24, 2.45) is 0 Å². The van der Waals surface area contributed by atoms with Crippen molar-refractivity contribution in [2.75, 3.05) is 25.4 Å². The Balaban J connectivity index is 1.51. The number of rotatable bonds is 19. The average molecular weight is 630 g/mol. The van der Waals surface area contributed by atoms with Crippen LogP contribution in [0.25, 0.3) is 0 Å². The summed E-state index contributed by atoms with van der Waals surface area (Å²) in [6.45, 7) is 3.07. The van der Waals surface area contributed by atoms with Gasteiger partial charge >= 0.3 is 11.8 Å². The fraction of sp³-hybridized carbons (Fsp3) is 0.515. The molecule has 0 spiro atoms. The molecule has 1 aromatic rings. The summed E-state index contributed by atoms with van der Waals surface area (Å²) >= 11 is 0. The molecule has 12 heteroatoms. The van der Waals surface area contributed by atoms with Gasteiger partial charge in [-0.25, -0.2) is 14.0 Å². The van der Waals surface area contributed by atoms with Crippen LogP contribution >= 0.6 is 0 Å². The molecular weight excluding hydrogens is 581 g/mol. The largest absolute Gasteiger partial charge is 0.447 e. The van der Waals surface area contributed by atoms with Crippen LogP contribution in [0.4, 0.5) is 15.0 Å². The number of halogens is 1. The number of nitrogen functional groups attached to an aromatic ring is 1. The molecule has 45 heavy (non-hydrogen) atoms. The van der Waals surface area contributed by atoms with Crippen molar-refractivity contribution in [1.29, 1.82) is 0 Å². The highest BCUT2D eigenvalue weighted by Gasteiger charge is 2.55. The molecule has 248 valence electrons. The molecule has 0 bridgehead atoms. The van der Waals surface area contributed by atoms with Gasteiger partial charge in [0.15, 0.2) is 11.9 Å². The number of hydrogen-bond donors (Lipinski definition) is 4. The van der Waals surface area contributed by atoms with Crippen LogP contribution in [0.1, 0.15) is 71.4 Å². The molecule has 4 atom stereocenters. The summed E-state index contributed by atoms with van der Waals surface area (Å²) in [5, 5.41) is 15.6. The molecule has 2 rings (SSSR count). The topological polar surface area (TPSA) is 158 Å². The van der Waals surface area contributed by atoms with E-state index in [1.54, 1.807) is 0 Å². The first-order valence-corrected chi connectivity index (χ1v) is 15.5. The van der Waals surface area contributed by atoms with E-state index in [4.69, 9.17) is 15.2 Å². The number of hydrogen-bond acceptors (Lipinski definition) is 8. The number of ether oxygens (including phenoxy) is 2. The van der Waals surface area contributed by atoms with Crippen molar-refractivity contribution in [3.05, 3.63) is 83.5 Å².